The van der Waals surface area contributed by atoms with Crippen molar-refractivity contribution < 1.29 is 5.11 Å². The molecule has 1 aliphatic carbocycles. The molecule has 0 aromatic rings. The van der Waals surface area contributed by atoms with Crippen LogP contribution in [0.2, 0.25) is 0 Å². The van der Waals surface area contributed by atoms with Crippen LogP contribution in [-0.2, 0) is 0 Å². The Hall–Kier alpha value is -0.120. The monoisotopic (exact) mass is 212 g/mol. The molecule has 2 fully saturated rings. The van der Waals surface area contributed by atoms with Crippen molar-refractivity contribution >= 4 is 0 Å². The normalized spacial score (nSPS) is 38.4. The van der Waals surface area contributed by atoms with Crippen LogP contribution in [0.1, 0.15) is 32.1 Å². The molecular weight excluding hydrogens is 188 g/mol. The van der Waals surface area contributed by atoms with Gasteiger partial charge in [-0.2, -0.15) is 0 Å². The Kier molecular flexibility index (Phi) is 4.00. The van der Waals surface area contributed by atoms with Crippen molar-refractivity contribution in [3.05, 3.63) is 0 Å². The van der Waals surface area contributed by atoms with E-state index in [1.165, 1.54) is 38.6 Å². The topological polar surface area (TPSA) is 35.5 Å². The molecule has 1 saturated heterocycles. The molecule has 88 valence electrons. The van der Waals surface area contributed by atoms with E-state index in [0.29, 0.717) is 12.5 Å². The molecule has 15 heavy (non-hydrogen) atoms. The third-order valence-electron chi connectivity index (χ3n) is 4.14. The van der Waals surface area contributed by atoms with E-state index >= 15 is 0 Å². The third-order valence-corrected chi connectivity index (χ3v) is 4.14. The lowest BCUT2D eigenvalue weighted by atomic mass is 9.97. The van der Waals surface area contributed by atoms with Gasteiger partial charge in [-0.25, -0.2) is 0 Å². The van der Waals surface area contributed by atoms with Crippen molar-refractivity contribution in [2.45, 2.75) is 44.2 Å². The Morgan fingerprint density at radius 1 is 1.33 bits per heavy atom. The standard InChI is InChI=1S/C12H24N2O/c1-13-11-4-5-12(7-11)14-6-2-3-10(8-14)9-15/h10-13,15H,2-9H2,1H3. The molecule has 1 aliphatic heterocycles. The van der Waals surface area contributed by atoms with Crippen LogP contribution in [0.3, 0.4) is 0 Å². The van der Waals surface area contributed by atoms with Crippen LogP contribution in [0.25, 0.3) is 0 Å². The first kappa shape index (κ1) is 11.4. The van der Waals surface area contributed by atoms with Gasteiger partial charge in [0.1, 0.15) is 0 Å². The summed E-state index contributed by atoms with van der Waals surface area (Å²) in [7, 11) is 2.07. The van der Waals surface area contributed by atoms with Gasteiger partial charge in [-0.15, -0.1) is 0 Å². The molecule has 3 heteroatoms. The van der Waals surface area contributed by atoms with Crippen LogP contribution < -0.4 is 5.32 Å². The highest BCUT2D eigenvalue weighted by atomic mass is 16.3. The molecule has 0 bridgehead atoms. The quantitative estimate of drug-likeness (QED) is 0.727. The summed E-state index contributed by atoms with van der Waals surface area (Å²) in [4.78, 5) is 2.61. The van der Waals surface area contributed by atoms with Crippen molar-refractivity contribution in [1.29, 1.82) is 0 Å². The number of likely N-dealkylation sites (tertiary alicyclic amines) is 1. The molecule has 3 nitrogen and oxygen atoms in total. The van der Waals surface area contributed by atoms with Crippen LogP contribution in [-0.4, -0.2) is 48.8 Å². The molecule has 1 heterocycles. The van der Waals surface area contributed by atoms with E-state index in [2.05, 4.69) is 17.3 Å². The van der Waals surface area contributed by atoms with Gasteiger partial charge in [-0.1, -0.05) is 0 Å². The van der Waals surface area contributed by atoms with E-state index in [1.54, 1.807) is 0 Å². The average molecular weight is 212 g/mol. The average Bonchev–Trinajstić information content (AvgIpc) is 2.78. The van der Waals surface area contributed by atoms with E-state index in [9.17, 15) is 5.11 Å². The minimum Gasteiger partial charge on any atom is -0.396 e. The molecule has 0 spiro atoms. The highest BCUT2D eigenvalue weighted by Crippen LogP contribution is 2.27. The summed E-state index contributed by atoms with van der Waals surface area (Å²) in [5, 5.41) is 12.6. The van der Waals surface area contributed by atoms with Crippen LogP contribution in [0.5, 0.6) is 0 Å². The SMILES string of the molecule is CNC1CCC(N2CCCC(CO)C2)C1. The van der Waals surface area contributed by atoms with Gasteiger partial charge in [0.05, 0.1) is 0 Å². The number of hydrogen-bond donors (Lipinski definition) is 2. The van der Waals surface area contributed by atoms with Crippen molar-refractivity contribution in [3.8, 4) is 0 Å². The summed E-state index contributed by atoms with van der Waals surface area (Å²) in [6.45, 7) is 2.74. The van der Waals surface area contributed by atoms with Crippen LogP contribution >= 0.6 is 0 Å². The maximum absolute atomic E-state index is 9.21. The molecule has 1 saturated carbocycles. The van der Waals surface area contributed by atoms with Gasteiger partial charge in [-0.05, 0) is 51.6 Å². The smallest absolute Gasteiger partial charge is 0.0471 e. The van der Waals surface area contributed by atoms with Crippen molar-refractivity contribution in [2.24, 2.45) is 5.92 Å². The Bertz CT molecular complexity index is 198. The van der Waals surface area contributed by atoms with E-state index in [1.807, 2.05) is 0 Å². The van der Waals surface area contributed by atoms with Crippen LogP contribution in [0.15, 0.2) is 0 Å². The van der Waals surface area contributed by atoms with Gasteiger partial charge < -0.3 is 10.4 Å². The number of rotatable bonds is 3. The molecule has 0 aromatic heterocycles. The Balaban J connectivity index is 1.83. The predicted molar refractivity (Wildman–Crippen MR) is 61.9 cm³/mol. The number of piperidine rings is 1. The number of hydrogen-bond acceptors (Lipinski definition) is 3. The van der Waals surface area contributed by atoms with Gasteiger partial charge >= 0.3 is 0 Å². The lowest BCUT2D eigenvalue weighted by molar-refractivity contribution is 0.0889. The lowest BCUT2D eigenvalue weighted by Crippen LogP contribution is -2.43. The van der Waals surface area contributed by atoms with Crippen LogP contribution in [0, 0.1) is 5.92 Å². The fourth-order valence-corrected chi connectivity index (χ4v) is 3.13. The summed E-state index contributed by atoms with van der Waals surface area (Å²) in [6, 6.07) is 1.50. The summed E-state index contributed by atoms with van der Waals surface area (Å²) >= 11 is 0. The van der Waals surface area contributed by atoms with E-state index < -0.39 is 0 Å². The maximum atomic E-state index is 9.21. The summed E-state index contributed by atoms with van der Waals surface area (Å²) in [5.74, 6) is 0.535. The summed E-state index contributed by atoms with van der Waals surface area (Å²) in [5.41, 5.74) is 0. The first-order valence-corrected chi connectivity index (χ1v) is 6.35. The van der Waals surface area contributed by atoms with Gasteiger partial charge in [0.2, 0.25) is 0 Å². The molecule has 0 radical (unpaired) electrons. The Morgan fingerprint density at radius 3 is 2.87 bits per heavy atom. The van der Waals surface area contributed by atoms with Crippen LogP contribution in [0.4, 0.5) is 0 Å². The molecule has 0 amide bonds. The second-order valence-electron chi connectivity index (χ2n) is 5.14. The predicted octanol–water partition coefficient (Wildman–Crippen LogP) is 0.831. The Labute approximate surface area is 92.8 Å². The van der Waals surface area contributed by atoms with E-state index in [4.69, 9.17) is 0 Å². The number of nitrogens with zero attached hydrogens (tertiary/aromatic N) is 1. The van der Waals surface area contributed by atoms with Crippen molar-refractivity contribution in [3.63, 3.8) is 0 Å². The van der Waals surface area contributed by atoms with Crippen molar-refractivity contribution in [1.82, 2.24) is 10.2 Å². The molecular formula is C12H24N2O. The first-order valence-electron chi connectivity index (χ1n) is 6.35. The minimum atomic E-state index is 0.374. The second kappa shape index (κ2) is 5.28. The summed E-state index contributed by atoms with van der Waals surface area (Å²) < 4.78 is 0. The van der Waals surface area contributed by atoms with E-state index in [0.717, 1.165) is 18.6 Å². The number of aliphatic hydroxyl groups is 1. The van der Waals surface area contributed by atoms with Gasteiger partial charge in [0, 0.05) is 25.2 Å². The van der Waals surface area contributed by atoms with Gasteiger partial charge in [0.15, 0.2) is 0 Å². The Morgan fingerprint density at radius 2 is 2.20 bits per heavy atom. The van der Waals surface area contributed by atoms with Gasteiger partial charge in [0.25, 0.3) is 0 Å². The van der Waals surface area contributed by atoms with Crippen molar-refractivity contribution in [2.75, 3.05) is 26.7 Å². The second-order valence-corrected chi connectivity index (χ2v) is 5.14. The largest absolute Gasteiger partial charge is 0.396 e. The number of aliphatic hydroxyl groups excluding tert-OH is 1. The zero-order chi connectivity index (χ0) is 10.7. The fourth-order valence-electron chi connectivity index (χ4n) is 3.13. The molecule has 2 rings (SSSR count). The molecule has 3 atom stereocenters. The molecule has 3 unspecified atom stereocenters. The first-order chi connectivity index (χ1) is 7.33. The highest BCUT2D eigenvalue weighted by molar-refractivity contribution is 4.88. The van der Waals surface area contributed by atoms with E-state index in [-0.39, 0.29) is 0 Å². The minimum absolute atomic E-state index is 0.374. The lowest BCUT2D eigenvalue weighted by Gasteiger charge is -2.36. The summed E-state index contributed by atoms with van der Waals surface area (Å²) in [6.07, 6.45) is 6.45. The fraction of sp³-hybridized carbons (Fsp3) is 1.00. The maximum Gasteiger partial charge on any atom is 0.0471 e. The zero-order valence-corrected chi connectivity index (χ0v) is 9.78. The molecule has 0 aromatic carbocycles. The highest BCUT2D eigenvalue weighted by Gasteiger charge is 2.31. The van der Waals surface area contributed by atoms with Gasteiger partial charge in [-0.3, -0.25) is 4.90 Å². The number of nitrogens with one attached hydrogen (secondary N) is 1. The molecule has 2 aliphatic rings. The zero-order valence-electron chi connectivity index (χ0n) is 9.78. The third kappa shape index (κ3) is 2.71. The molecule has 2 N–H and O–H groups in total.